The minimum Gasteiger partial charge on any atom is -0.481 e. The summed E-state index contributed by atoms with van der Waals surface area (Å²) in [4.78, 5) is 21.8. The van der Waals surface area contributed by atoms with Gasteiger partial charge >= 0.3 is 0 Å². The SMILES string of the molecule is CN1C(=O)COc2c1cnc1ccc(-c3cnc(Cl)c(NS(C)(=O)=O)c3)cc21. The fourth-order valence-electron chi connectivity index (χ4n) is 2.97. The molecule has 1 N–H and O–H groups in total. The molecule has 3 aromatic rings. The van der Waals surface area contributed by atoms with Crippen molar-refractivity contribution >= 4 is 49.8 Å². The standard InChI is InChI=1S/C18H15ClN4O4S/c1-23-15-8-20-13-4-3-10(5-12(13)17(15)27-9-16(23)24)11-6-14(18(19)21-7-11)22-28(2,25)26/h3-8,22H,9H2,1-2H3. The Hall–Kier alpha value is -2.91. The number of pyridine rings is 2. The Kier molecular flexibility index (Phi) is 4.35. The zero-order chi connectivity index (χ0) is 20.1. The second-order valence-electron chi connectivity index (χ2n) is 6.38. The lowest BCUT2D eigenvalue weighted by Crippen LogP contribution is -2.35. The van der Waals surface area contributed by atoms with Gasteiger partial charge in [0, 0.05) is 24.2 Å². The van der Waals surface area contributed by atoms with E-state index in [4.69, 9.17) is 16.3 Å². The number of sulfonamides is 1. The zero-order valence-corrected chi connectivity index (χ0v) is 16.5. The summed E-state index contributed by atoms with van der Waals surface area (Å²) in [6.07, 6.45) is 4.20. The molecule has 1 aliphatic rings. The molecule has 1 aliphatic heterocycles. The molecule has 0 radical (unpaired) electrons. The lowest BCUT2D eigenvalue weighted by molar-refractivity contribution is -0.120. The summed E-state index contributed by atoms with van der Waals surface area (Å²) in [6.45, 7) is -0.0439. The van der Waals surface area contributed by atoms with Gasteiger partial charge in [0.1, 0.15) is 5.69 Å². The molecule has 0 saturated heterocycles. The number of amides is 1. The van der Waals surface area contributed by atoms with Gasteiger partial charge in [0.25, 0.3) is 5.91 Å². The average Bonchev–Trinajstić information content (AvgIpc) is 2.64. The van der Waals surface area contributed by atoms with Crippen molar-refractivity contribution in [2.24, 2.45) is 0 Å². The highest BCUT2D eigenvalue weighted by molar-refractivity contribution is 7.92. The third kappa shape index (κ3) is 3.34. The molecule has 28 heavy (non-hydrogen) atoms. The number of hydrogen-bond acceptors (Lipinski definition) is 6. The molecule has 0 spiro atoms. The lowest BCUT2D eigenvalue weighted by Gasteiger charge is -2.26. The quantitative estimate of drug-likeness (QED) is 0.656. The molecule has 10 heteroatoms. The van der Waals surface area contributed by atoms with Crippen molar-refractivity contribution in [1.82, 2.24) is 9.97 Å². The van der Waals surface area contributed by atoms with E-state index in [0.717, 1.165) is 17.2 Å². The van der Waals surface area contributed by atoms with E-state index in [9.17, 15) is 13.2 Å². The van der Waals surface area contributed by atoms with Gasteiger partial charge in [-0.25, -0.2) is 13.4 Å². The predicted molar refractivity (Wildman–Crippen MR) is 107 cm³/mol. The number of carbonyl (C=O) groups excluding carboxylic acids is 1. The van der Waals surface area contributed by atoms with E-state index < -0.39 is 10.0 Å². The van der Waals surface area contributed by atoms with Crippen LogP contribution in [0.1, 0.15) is 0 Å². The number of rotatable bonds is 3. The van der Waals surface area contributed by atoms with Gasteiger partial charge in [-0.1, -0.05) is 17.7 Å². The van der Waals surface area contributed by atoms with Crippen LogP contribution >= 0.6 is 11.6 Å². The number of carbonyl (C=O) groups is 1. The van der Waals surface area contributed by atoms with Crippen molar-refractivity contribution in [3.63, 3.8) is 0 Å². The summed E-state index contributed by atoms with van der Waals surface area (Å²) in [5.74, 6) is 0.425. The number of aromatic nitrogens is 2. The number of ether oxygens (including phenoxy) is 1. The van der Waals surface area contributed by atoms with Crippen molar-refractivity contribution in [3.05, 3.63) is 41.8 Å². The van der Waals surface area contributed by atoms with Crippen LogP contribution in [0.4, 0.5) is 11.4 Å². The van der Waals surface area contributed by atoms with Crippen LogP contribution in [0.2, 0.25) is 5.15 Å². The fraction of sp³-hybridized carbons (Fsp3) is 0.167. The Balaban J connectivity index is 1.84. The Morgan fingerprint density at radius 3 is 2.71 bits per heavy atom. The number of nitrogens with one attached hydrogen (secondary N) is 1. The summed E-state index contributed by atoms with van der Waals surface area (Å²) in [6, 6.07) is 7.13. The predicted octanol–water partition coefficient (Wildman–Crippen LogP) is 2.68. The summed E-state index contributed by atoms with van der Waals surface area (Å²) in [5, 5.41) is 0.791. The topological polar surface area (TPSA) is 101 Å². The number of halogens is 1. The first kappa shape index (κ1) is 18.5. The van der Waals surface area contributed by atoms with Crippen molar-refractivity contribution in [2.45, 2.75) is 0 Å². The summed E-state index contributed by atoms with van der Waals surface area (Å²) >= 11 is 6.00. The molecular formula is C18H15ClN4O4S. The molecule has 0 saturated carbocycles. The molecule has 0 aliphatic carbocycles. The summed E-state index contributed by atoms with van der Waals surface area (Å²) in [5.41, 5.74) is 2.93. The molecular weight excluding hydrogens is 404 g/mol. The molecule has 1 amide bonds. The highest BCUT2D eigenvalue weighted by Gasteiger charge is 2.24. The van der Waals surface area contributed by atoms with E-state index in [0.29, 0.717) is 22.5 Å². The number of anilines is 2. The maximum atomic E-state index is 11.9. The first-order valence-electron chi connectivity index (χ1n) is 8.19. The Labute approximate surface area is 166 Å². The van der Waals surface area contributed by atoms with Gasteiger partial charge < -0.3 is 9.64 Å². The Morgan fingerprint density at radius 1 is 1.18 bits per heavy atom. The smallest absolute Gasteiger partial charge is 0.264 e. The second-order valence-corrected chi connectivity index (χ2v) is 8.49. The normalized spacial score (nSPS) is 14.0. The van der Waals surface area contributed by atoms with Crippen molar-refractivity contribution < 1.29 is 17.9 Å². The molecule has 1 aromatic carbocycles. The molecule has 3 heterocycles. The van der Waals surface area contributed by atoms with Crippen LogP contribution in [-0.2, 0) is 14.8 Å². The number of fused-ring (bicyclic) bond motifs is 3. The molecule has 0 atom stereocenters. The first-order valence-corrected chi connectivity index (χ1v) is 10.5. The van der Waals surface area contributed by atoms with Crippen LogP contribution in [0.5, 0.6) is 5.75 Å². The largest absolute Gasteiger partial charge is 0.481 e. The minimum absolute atomic E-state index is 0.0439. The molecule has 0 fully saturated rings. The molecule has 2 aromatic heterocycles. The van der Waals surface area contributed by atoms with Crippen LogP contribution in [0.3, 0.4) is 0 Å². The van der Waals surface area contributed by atoms with Gasteiger partial charge in [0.15, 0.2) is 17.5 Å². The lowest BCUT2D eigenvalue weighted by atomic mass is 10.0. The minimum atomic E-state index is -3.50. The maximum absolute atomic E-state index is 11.9. The van der Waals surface area contributed by atoms with Crippen molar-refractivity contribution in [2.75, 3.05) is 29.5 Å². The number of likely N-dealkylation sites (N-methyl/N-ethyl adjacent to an activating group) is 1. The van der Waals surface area contributed by atoms with Gasteiger partial charge in [-0.05, 0) is 23.8 Å². The molecule has 0 unspecified atom stereocenters. The monoisotopic (exact) mass is 418 g/mol. The summed E-state index contributed by atoms with van der Waals surface area (Å²) < 4.78 is 31.1. The van der Waals surface area contributed by atoms with Crippen LogP contribution in [0, 0.1) is 0 Å². The second kappa shape index (κ2) is 6.61. The third-order valence-corrected chi connectivity index (χ3v) is 5.23. The van der Waals surface area contributed by atoms with Gasteiger partial charge in [-0.3, -0.25) is 14.5 Å². The third-order valence-electron chi connectivity index (χ3n) is 4.34. The van der Waals surface area contributed by atoms with Crippen molar-refractivity contribution in [1.29, 1.82) is 0 Å². The number of hydrogen-bond donors (Lipinski definition) is 1. The average molecular weight is 419 g/mol. The maximum Gasteiger partial charge on any atom is 0.264 e. The van der Waals surface area contributed by atoms with Crippen molar-refractivity contribution in [3.8, 4) is 16.9 Å². The van der Waals surface area contributed by atoms with Crippen LogP contribution in [-0.4, -0.2) is 44.2 Å². The van der Waals surface area contributed by atoms with Gasteiger partial charge in [-0.15, -0.1) is 0 Å². The van der Waals surface area contributed by atoms with E-state index in [1.807, 2.05) is 18.2 Å². The fourth-order valence-corrected chi connectivity index (χ4v) is 3.73. The van der Waals surface area contributed by atoms with E-state index in [-0.39, 0.29) is 23.4 Å². The van der Waals surface area contributed by atoms with Crippen LogP contribution in [0.15, 0.2) is 36.7 Å². The first-order chi connectivity index (χ1) is 13.2. The van der Waals surface area contributed by atoms with E-state index in [1.54, 1.807) is 25.5 Å². The zero-order valence-electron chi connectivity index (χ0n) is 14.9. The highest BCUT2D eigenvalue weighted by atomic mass is 35.5. The highest BCUT2D eigenvalue weighted by Crippen LogP contribution is 2.39. The Morgan fingerprint density at radius 2 is 1.96 bits per heavy atom. The van der Waals surface area contributed by atoms with E-state index in [1.165, 1.54) is 4.90 Å². The van der Waals surface area contributed by atoms with Gasteiger partial charge in [-0.2, -0.15) is 0 Å². The molecule has 0 bridgehead atoms. The van der Waals surface area contributed by atoms with Crippen LogP contribution in [0.25, 0.3) is 22.0 Å². The van der Waals surface area contributed by atoms with E-state index >= 15 is 0 Å². The Bertz CT molecular complexity index is 1230. The number of benzene rings is 1. The van der Waals surface area contributed by atoms with E-state index in [2.05, 4.69) is 14.7 Å². The van der Waals surface area contributed by atoms with Crippen LogP contribution < -0.4 is 14.4 Å². The molecule has 8 nitrogen and oxygen atoms in total. The van der Waals surface area contributed by atoms with Gasteiger partial charge in [0.2, 0.25) is 10.0 Å². The van der Waals surface area contributed by atoms with Gasteiger partial charge in [0.05, 0.1) is 23.7 Å². The summed E-state index contributed by atoms with van der Waals surface area (Å²) in [7, 11) is -1.82. The number of nitrogens with zero attached hydrogens (tertiary/aromatic N) is 3. The molecule has 144 valence electrons. The molecule has 4 rings (SSSR count).